The molecule has 262 valence electrons. The molecule has 0 amide bonds. The number of nitrogens with zero attached hydrogens (tertiary/aromatic N) is 4. The van der Waals surface area contributed by atoms with Crippen LogP contribution >= 0.6 is 0 Å². The van der Waals surface area contributed by atoms with Gasteiger partial charge in [-0.3, -0.25) is 0 Å². The first-order valence-corrected chi connectivity index (χ1v) is 18.5. The standard InChI is InChI=1S/C50H30N4O2/c1-3-13-32(14-4-1)47-52-48(54-49(53-47)37-21-10-19-35(30-37)39-24-12-25-41-40-22-7-8-26-43(40)55-45(39)41)36-20-9-18-34(29-36)38-23-11-17-31-27-28-42-46(44(31)38)56-50(51-42)33-15-5-2-6-16-33/h1-30H. The van der Waals surface area contributed by atoms with Crippen LogP contribution in [0.3, 0.4) is 0 Å². The van der Waals surface area contributed by atoms with Gasteiger partial charge in [0.1, 0.15) is 16.7 Å². The van der Waals surface area contributed by atoms with E-state index < -0.39 is 0 Å². The SMILES string of the molecule is c1ccc(-c2nc(-c3cccc(-c4cccc5c4oc4ccccc45)c3)nc(-c3cccc(-c4cccc5ccc6nc(-c7ccccc7)oc6c45)c3)n2)cc1. The molecule has 0 spiro atoms. The molecule has 0 N–H and O–H groups in total. The maximum atomic E-state index is 6.50. The van der Waals surface area contributed by atoms with Crippen molar-refractivity contribution in [1.29, 1.82) is 0 Å². The van der Waals surface area contributed by atoms with E-state index in [4.69, 9.17) is 28.8 Å². The van der Waals surface area contributed by atoms with Crippen LogP contribution in [0.4, 0.5) is 0 Å². The second-order valence-corrected chi connectivity index (χ2v) is 13.8. The Hall–Kier alpha value is -7.70. The lowest BCUT2D eigenvalue weighted by Gasteiger charge is -2.11. The minimum atomic E-state index is 0.580. The summed E-state index contributed by atoms with van der Waals surface area (Å²) in [5.74, 6) is 2.36. The summed E-state index contributed by atoms with van der Waals surface area (Å²) >= 11 is 0. The fourth-order valence-corrected chi connectivity index (χ4v) is 7.68. The van der Waals surface area contributed by atoms with Gasteiger partial charge in [-0.2, -0.15) is 0 Å². The van der Waals surface area contributed by atoms with Gasteiger partial charge in [0.15, 0.2) is 23.1 Å². The molecule has 6 nitrogen and oxygen atoms in total. The number of hydrogen-bond donors (Lipinski definition) is 0. The van der Waals surface area contributed by atoms with Crippen molar-refractivity contribution in [3.63, 3.8) is 0 Å². The molecule has 0 atom stereocenters. The summed E-state index contributed by atoms with van der Waals surface area (Å²) in [5, 5.41) is 4.27. The molecule has 0 aliphatic carbocycles. The van der Waals surface area contributed by atoms with Gasteiger partial charge in [0.05, 0.1) is 0 Å². The number of fused-ring (bicyclic) bond motifs is 6. The smallest absolute Gasteiger partial charge is 0.227 e. The Kier molecular flexibility index (Phi) is 7.38. The molecule has 0 aliphatic rings. The number of hydrogen-bond acceptors (Lipinski definition) is 6. The number of furan rings is 1. The van der Waals surface area contributed by atoms with E-state index in [0.29, 0.717) is 23.4 Å². The van der Waals surface area contributed by atoms with Gasteiger partial charge >= 0.3 is 0 Å². The number of para-hydroxylation sites is 2. The minimum Gasteiger partial charge on any atom is -0.455 e. The van der Waals surface area contributed by atoms with Crippen molar-refractivity contribution in [2.45, 2.75) is 0 Å². The second-order valence-electron chi connectivity index (χ2n) is 13.8. The first-order valence-electron chi connectivity index (χ1n) is 18.5. The van der Waals surface area contributed by atoms with Crippen LogP contribution in [0.25, 0.3) is 112 Å². The lowest BCUT2D eigenvalue weighted by Crippen LogP contribution is -2.00. The van der Waals surface area contributed by atoms with E-state index >= 15 is 0 Å². The monoisotopic (exact) mass is 718 g/mol. The van der Waals surface area contributed by atoms with Crippen LogP contribution in [0.5, 0.6) is 0 Å². The van der Waals surface area contributed by atoms with E-state index in [1.165, 1.54) is 0 Å². The van der Waals surface area contributed by atoms with Crippen molar-refractivity contribution in [1.82, 2.24) is 19.9 Å². The fourth-order valence-electron chi connectivity index (χ4n) is 7.68. The Bertz CT molecular complexity index is 3260. The molecule has 0 aliphatic heterocycles. The second kappa shape index (κ2) is 13.0. The first kappa shape index (κ1) is 31.8. The maximum Gasteiger partial charge on any atom is 0.227 e. The zero-order valence-electron chi connectivity index (χ0n) is 29.9. The van der Waals surface area contributed by atoms with Crippen molar-refractivity contribution in [2.75, 3.05) is 0 Å². The summed E-state index contributed by atoms with van der Waals surface area (Å²) in [6, 6.07) is 61.7. The highest BCUT2D eigenvalue weighted by molar-refractivity contribution is 6.12. The lowest BCUT2D eigenvalue weighted by atomic mass is 9.96. The molecule has 3 aromatic heterocycles. The van der Waals surface area contributed by atoms with E-state index in [-0.39, 0.29) is 0 Å². The highest BCUT2D eigenvalue weighted by Gasteiger charge is 2.18. The van der Waals surface area contributed by atoms with Crippen LogP contribution in [-0.2, 0) is 0 Å². The minimum absolute atomic E-state index is 0.580. The predicted molar refractivity (Wildman–Crippen MR) is 225 cm³/mol. The van der Waals surface area contributed by atoms with E-state index in [1.54, 1.807) is 0 Å². The Balaban J connectivity index is 1.05. The summed E-state index contributed by atoms with van der Waals surface area (Å²) < 4.78 is 12.9. The van der Waals surface area contributed by atoms with Crippen LogP contribution in [-0.4, -0.2) is 19.9 Å². The summed E-state index contributed by atoms with van der Waals surface area (Å²) in [6.07, 6.45) is 0. The quantitative estimate of drug-likeness (QED) is 0.170. The molecule has 0 bridgehead atoms. The zero-order valence-corrected chi connectivity index (χ0v) is 29.9. The molecule has 56 heavy (non-hydrogen) atoms. The molecule has 0 saturated carbocycles. The predicted octanol–water partition coefficient (Wildman–Crippen LogP) is 13.1. The van der Waals surface area contributed by atoms with Crippen molar-refractivity contribution < 1.29 is 8.83 Å². The zero-order chi connectivity index (χ0) is 37.0. The van der Waals surface area contributed by atoms with Crippen molar-refractivity contribution >= 4 is 43.8 Å². The van der Waals surface area contributed by atoms with Gasteiger partial charge in [-0.05, 0) is 58.5 Å². The normalized spacial score (nSPS) is 11.6. The molecule has 6 heteroatoms. The third-order valence-corrected chi connectivity index (χ3v) is 10.4. The van der Waals surface area contributed by atoms with Crippen LogP contribution in [0.2, 0.25) is 0 Å². The maximum absolute atomic E-state index is 6.50. The van der Waals surface area contributed by atoms with Gasteiger partial charge in [-0.25, -0.2) is 19.9 Å². The number of benzene rings is 8. The molecular weight excluding hydrogens is 689 g/mol. The van der Waals surface area contributed by atoms with E-state index in [1.807, 2.05) is 91.0 Å². The molecule has 8 aromatic carbocycles. The Morgan fingerprint density at radius 3 is 1.64 bits per heavy atom. The molecular formula is C50H30N4O2. The highest BCUT2D eigenvalue weighted by atomic mass is 16.3. The Labute approximate surface area is 321 Å². The first-order chi connectivity index (χ1) is 27.7. The van der Waals surface area contributed by atoms with E-state index in [2.05, 4.69) is 91.0 Å². The summed E-state index contributed by atoms with van der Waals surface area (Å²) in [6.45, 7) is 0. The molecule has 0 unspecified atom stereocenters. The lowest BCUT2D eigenvalue weighted by molar-refractivity contribution is 0.623. The van der Waals surface area contributed by atoms with Crippen LogP contribution in [0, 0.1) is 0 Å². The van der Waals surface area contributed by atoms with E-state index in [9.17, 15) is 0 Å². The molecule has 0 fully saturated rings. The van der Waals surface area contributed by atoms with Crippen LogP contribution in [0.15, 0.2) is 191 Å². The summed E-state index contributed by atoms with van der Waals surface area (Å²) in [7, 11) is 0. The van der Waals surface area contributed by atoms with Gasteiger partial charge in [0.2, 0.25) is 5.89 Å². The third-order valence-electron chi connectivity index (χ3n) is 10.4. The number of rotatable bonds is 6. The summed E-state index contributed by atoms with van der Waals surface area (Å²) in [5.41, 5.74) is 11.0. The fraction of sp³-hybridized carbons (Fsp3) is 0. The Morgan fingerprint density at radius 2 is 0.893 bits per heavy atom. The average Bonchev–Trinajstić information content (AvgIpc) is 3.89. The van der Waals surface area contributed by atoms with Crippen molar-refractivity contribution in [3.05, 3.63) is 182 Å². The topological polar surface area (TPSA) is 77.8 Å². The van der Waals surface area contributed by atoms with Crippen LogP contribution < -0.4 is 0 Å². The van der Waals surface area contributed by atoms with Gasteiger partial charge in [-0.1, -0.05) is 146 Å². The molecule has 11 aromatic rings. The molecule has 0 radical (unpaired) electrons. The number of aromatic nitrogens is 4. The Morgan fingerprint density at radius 1 is 0.339 bits per heavy atom. The van der Waals surface area contributed by atoms with Gasteiger partial charge in [-0.15, -0.1) is 0 Å². The highest BCUT2D eigenvalue weighted by Crippen LogP contribution is 2.39. The molecule has 3 heterocycles. The van der Waals surface area contributed by atoms with Crippen LogP contribution in [0.1, 0.15) is 0 Å². The van der Waals surface area contributed by atoms with Gasteiger partial charge in [0, 0.05) is 44.0 Å². The third kappa shape index (κ3) is 5.43. The van der Waals surface area contributed by atoms with Crippen molar-refractivity contribution in [2.24, 2.45) is 0 Å². The van der Waals surface area contributed by atoms with Crippen molar-refractivity contribution in [3.8, 4) is 67.9 Å². The average molecular weight is 719 g/mol. The number of oxazole rings is 1. The largest absolute Gasteiger partial charge is 0.455 e. The summed E-state index contributed by atoms with van der Waals surface area (Å²) in [4.78, 5) is 20.1. The molecule has 11 rings (SSSR count). The van der Waals surface area contributed by atoms with E-state index in [0.717, 1.165) is 88.3 Å². The van der Waals surface area contributed by atoms with Gasteiger partial charge in [0.25, 0.3) is 0 Å². The molecule has 0 saturated heterocycles. The van der Waals surface area contributed by atoms with Gasteiger partial charge < -0.3 is 8.83 Å².